The number of alkyl halides is 3. The predicted molar refractivity (Wildman–Crippen MR) is 88.5 cm³/mol. The lowest BCUT2D eigenvalue weighted by Crippen LogP contribution is -2.53. The summed E-state index contributed by atoms with van der Waals surface area (Å²) < 4.78 is 47.3. The Morgan fingerprint density at radius 1 is 1.36 bits per heavy atom. The summed E-state index contributed by atoms with van der Waals surface area (Å²) in [5.41, 5.74) is 2.03. The molecule has 2 atom stereocenters. The van der Waals surface area contributed by atoms with Gasteiger partial charge < -0.3 is 4.74 Å². The maximum Gasteiger partial charge on any atom is 0.421 e. The molecule has 0 fully saturated rings. The fourth-order valence-corrected chi connectivity index (χ4v) is 2.97. The van der Waals surface area contributed by atoms with E-state index in [0.29, 0.717) is 17.0 Å². The highest BCUT2D eigenvalue weighted by Crippen LogP contribution is 2.37. The number of ether oxygens (including phenoxy) is 1. The number of terminal acetylenes is 1. The van der Waals surface area contributed by atoms with Gasteiger partial charge in [0.05, 0.1) is 25.0 Å². The third-order valence-corrected chi connectivity index (χ3v) is 4.13. The third-order valence-electron chi connectivity index (χ3n) is 4.13. The van der Waals surface area contributed by atoms with Crippen LogP contribution in [0.2, 0.25) is 0 Å². The van der Waals surface area contributed by atoms with Gasteiger partial charge in [-0.25, -0.2) is 9.66 Å². The first-order chi connectivity index (χ1) is 11.9. The SMILES string of the molecule is C#CC(N1C(c2cccc(OC)c2)C=C(C)c2cncn21)C(F)(F)F. The van der Waals surface area contributed by atoms with Gasteiger partial charge in [0.15, 0.2) is 0 Å². The zero-order valence-corrected chi connectivity index (χ0v) is 13.7. The van der Waals surface area contributed by atoms with Crippen LogP contribution in [-0.2, 0) is 0 Å². The summed E-state index contributed by atoms with van der Waals surface area (Å²) in [5.74, 6) is 2.44. The number of imidazole rings is 1. The minimum absolute atomic E-state index is 0.559. The summed E-state index contributed by atoms with van der Waals surface area (Å²) in [6.07, 6.45) is 5.28. The van der Waals surface area contributed by atoms with E-state index >= 15 is 0 Å². The molecule has 0 bridgehead atoms. The lowest BCUT2D eigenvalue weighted by atomic mass is 9.99. The molecule has 0 spiro atoms. The van der Waals surface area contributed by atoms with Crippen LogP contribution in [-0.4, -0.2) is 29.0 Å². The third kappa shape index (κ3) is 2.95. The van der Waals surface area contributed by atoms with Crippen LogP contribution >= 0.6 is 0 Å². The van der Waals surface area contributed by atoms with Crippen LogP contribution in [0, 0.1) is 12.3 Å². The average molecular weight is 347 g/mol. The quantitative estimate of drug-likeness (QED) is 0.796. The van der Waals surface area contributed by atoms with Crippen molar-refractivity contribution in [3.8, 4) is 18.1 Å². The van der Waals surface area contributed by atoms with Crippen LogP contribution < -0.4 is 9.75 Å². The molecule has 0 saturated carbocycles. The Morgan fingerprint density at radius 3 is 2.76 bits per heavy atom. The standard InChI is InChI=1S/C18H16F3N3O/c1-4-17(18(19,20)21)24-15(13-6-5-7-14(9-13)25-3)8-12(2)16-10-22-11-23(16)24/h1,5-11,15,17H,2-3H3. The summed E-state index contributed by atoms with van der Waals surface area (Å²) >= 11 is 0. The normalized spacial score (nSPS) is 18.2. The average Bonchev–Trinajstić information content (AvgIpc) is 3.06. The highest BCUT2D eigenvalue weighted by molar-refractivity contribution is 5.65. The number of hydrogen-bond acceptors (Lipinski definition) is 3. The molecular weight excluding hydrogens is 331 g/mol. The number of aromatic nitrogens is 2. The lowest BCUT2D eigenvalue weighted by Gasteiger charge is -2.41. The summed E-state index contributed by atoms with van der Waals surface area (Å²) in [4.78, 5) is 3.98. The number of rotatable bonds is 3. The number of fused-ring (bicyclic) bond motifs is 1. The highest BCUT2D eigenvalue weighted by atomic mass is 19.4. The number of hydrogen-bond donors (Lipinski definition) is 0. The van der Waals surface area contributed by atoms with Crippen LogP contribution in [0.5, 0.6) is 5.75 Å². The number of nitrogens with zero attached hydrogens (tertiary/aromatic N) is 3. The van der Waals surface area contributed by atoms with Gasteiger partial charge in [0.2, 0.25) is 6.04 Å². The number of methoxy groups -OCH3 is 1. The molecule has 1 aromatic heterocycles. The number of halogens is 3. The second kappa shape index (κ2) is 6.20. The van der Waals surface area contributed by atoms with Crippen molar-refractivity contribution < 1.29 is 17.9 Å². The Labute approximate surface area is 143 Å². The van der Waals surface area contributed by atoms with Crippen LogP contribution in [0.3, 0.4) is 0 Å². The maximum absolute atomic E-state index is 13.6. The predicted octanol–water partition coefficient (Wildman–Crippen LogP) is 3.55. The highest BCUT2D eigenvalue weighted by Gasteiger charge is 2.47. The van der Waals surface area contributed by atoms with Crippen LogP contribution in [0.1, 0.15) is 24.2 Å². The van der Waals surface area contributed by atoms with Crippen molar-refractivity contribution in [3.05, 3.63) is 54.1 Å². The van der Waals surface area contributed by atoms with Gasteiger partial charge in [-0.05, 0) is 30.2 Å². The zero-order chi connectivity index (χ0) is 18.2. The van der Waals surface area contributed by atoms with Crippen LogP contribution in [0.15, 0.2) is 42.9 Å². The molecule has 0 saturated heterocycles. The Hall–Kier alpha value is -2.88. The van der Waals surface area contributed by atoms with E-state index < -0.39 is 18.3 Å². The molecule has 130 valence electrons. The number of allylic oxidation sites excluding steroid dienone is 1. The molecule has 7 heteroatoms. The molecule has 0 amide bonds. The molecular formula is C18H16F3N3O. The van der Waals surface area contributed by atoms with Gasteiger partial charge in [0.1, 0.15) is 12.1 Å². The summed E-state index contributed by atoms with van der Waals surface area (Å²) in [6, 6.07) is 4.11. The summed E-state index contributed by atoms with van der Waals surface area (Å²) in [7, 11) is 1.51. The fraction of sp³-hybridized carbons (Fsp3) is 0.278. The second-order valence-electron chi connectivity index (χ2n) is 5.69. The van der Waals surface area contributed by atoms with E-state index in [-0.39, 0.29) is 0 Å². The molecule has 4 nitrogen and oxygen atoms in total. The maximum atomic E-state index is 13.6. The molecule has 2 heterocycles. The second-order valence-corrected chi connectivity index (χ2v) is 5.69. The Kier molecular flexibility index (Phi) is 4.21. The molecule has 25 heavy (non-hydrogen) atoms. The van der Waals surface area contributed by atoms with Crippen molar-refractivity contribution in [2.24, 2.45) is 0 Å². The van der Waals surface area contributed by atoms with Gasteiger partial charge in [-0.3, -0.25) is 5.01 Å². The summed E-state index contributed by atoms with van der Waals surface area (Å²) in [5, 5.41) is 1.12. The molecule has 1 aliphatic heterocycles. The summed E-state index contributed by atoms with van der Waals surface area (Å²) in [6.45, 7) is 1.83. The fourth-order valence-electron chi connectivity index (χ4n) is 2.97. The smallest absolute Gasteiger partial charge is 0.421 e. The van der Waals surface area contributed by atoms with E-state index in [2.05, 4.69) is 4.98 Å². The molecule has 2 unspecified atom stereocenters. The molecule has 1 aromatic carbocycles. The molecule has 0 radical (unpaired) electrons. The van der Waals surface area contributed by atoms with E-state index in [4.69, 9.17) is 11.2 Å². The Morgan fingerprint density at radius 2 is 2.12 bits per heavy atom. The van der Waals surface area contributed by atoms with Crippen molar-refractivity contribution in [1.82, 2.24) is 9.66 Å². The van der Waals surface area contributed by atoms with Crippen molar-refractivity contribution >= 4 is 5.57 Å². The largest absolute Gasteiger partial charge is 0.497 e. The molecule has 0 N–H and O–H groups in total. The van der Waals surface area contributed by atoms with Crippen LogP contribution in [0.25, 0.3) is 5.57 Å². The van der Waals surface area contributed by atoms with Crippen molar-refractivity contribution in [1.29, 1.82) is 0 Å². The first-order valence-corrected chi connectivity index (χ1v) is 7.53. The minimum atomic E-state index is -4.59. The van der Waals surface area contributed by atoms with Crippen LogP contribution in [0.4, 0.5) is 13.2 Å². The lowest BCUT2D eigenvalue weighted by molar-refractivity contribution is -0.140. The van der Waals surface area contributed by atoms with Gasteiger partial charge in [-0.2, -0.15) is 13.2 Å². The zero-order valence-electron chi connectivity index (χ0n) is 13.7. The van der Waals surface area contributed by atoms with Crippen molar-refractivity contribution in [2.75, 3.05) is 12.1 Å². The van der Waals surface area contributed by atoms with E-state index in [0.717, 1.165) is 10.6 Å². The van der Waals surface area contributed by atoms with Crippen molar-refractivity contribution in [3.63, 3.8) is 0 Å². The molecule has 1 aliphatic rings. The first kappa shape index (κ1) is 17.0. The van der Waals surface area contributed by atoms with Gasteiger partial charge in [0.25, 0.3) is 0 Å². The first-order valence-electron chi connectivity index (χ1n) is 7.53. The minimum Gasteiger partial charge on any atom is -0.497 e. The monoisotopic (exact) mass is 347 g/mol. The van der Waals surface area contributed by atoms with Gasteiger partial charge in [-0.1, -0.05) is 24.1 Å². The Balaban J connectivity index is 2.17. The van der Waals surface area contributed by atoms with E-state index in [1.54, 1.807) is 30.3 Å². The van der Waals surface area contributed by atoms with E-state index in [1.807, 2.05) is 12.8 Å². The van der Waals surface area contributed by atoms with Crippen molar-refractivity contribution in [2.45, 2.75) is 25.2 Å². The van der Waals surface area contributed by atoms with E-state index in [9.17, 15) is 13.2 Å². The molecule has 2 aromatic rings. The number of benzene rings is 1. The van der Waals surface area contributed by atoms with Gasteiger partial charge >= 0.3 is 6.18 Å². The Bertz CT molecular complexity index is 848. The molecule has 0 aliphatic carbocycles. The van der Waals surface area contributed by atoms with Gasteiger partial charge in [-0.15, -0.1) is 6.42 Å². The molecule has 3 rings (SSSR count). The van der Waals surface area contributed by atoms with E-state index in [1.165, 1.54) is 24.3 Å². The topological polar surface area (TPSA) is 30.3 Å². The van der Waals surface area contributed by atoms with Gasteiger partial charge in [0, 0.05) is 0 Å².